The van der Waals surface area contributed by atoms with Crippen molar-refractivity contribution >= 4 is 15.7 Å². The summed E-state index contributed by atoms with van der Waals surface area (Å²) in [6, 6.07) is 3.78. The van der Waals surface area contributed by atoms with Crippen LogP contribution in [0.5, 0.6) is 0 Å². The molecule has 0 radical (unpaired) electrons. The van der Waals surface area contributed by atoms with Crippen molar-refractivity contribution in [2.45, 2.75) is 30.3 Å². The first-order valence-electron chi connectivity index (χ1n) is 5.67. The number of nitrogens with zero attached hydrogens (tertiary/aromatic N) is 1. The lowest BCUT2D eigenvalue weighted by Gasteiger charge is -2.21. The van der Waals surface area contributed by atoms with Crippen LogP contribution in [0.25, 0.3) is 0 Å². The maximum absolute atomic E-state index is 12.5. The molecule has 20 heavy (non-hydrogen) atoms. The fraction of sp³-hybridized carbons (Fsp3) is 0.417. The van der Waals surface area contributed by atoms with E-state index in [9.17, 15) is 26.4 Å². The van der Waals surface area contributed by atoms with Gasteiger partial charge in [0, 0.05) is 18.7 Å². The second-order valence-electron chi connectivity index (χ2n) is 4.49. The number of amides is 1. The minimum atomic E-state index is -5.45. The molecule has 0 aliphatic heterocycles. The molecule has 0 N–H and O–H groups in total. The predicted octanol–water partition coefficient (Wildman–Crippen LogP) is 2.46. The Hall–Kier alpha value is -1.57. The van der Waals surface area contributed by atoms with Crippen LogP contribution in [0.2, 0.25) is 0 Å². The molecule has 1 amide bonds. The van der Waals surface area contributed by atoms with Gasteiger partial charge in [-0.3, -0.25) is 4.79 Å². The number of alkyl halides is 3. The number of hydrogen-bond donors (Lipinski definition) is 0. The van der Waals surface area contributed by atoms with Gasteiger partial charge in [-0.2, -0.15) is 13.2 Å². The summed E-state index contributed by atoms with van der Waals surface area (Å²) in [7, 11) is -3.97. The van der Waals surface area contributed by atoms with Crippen molar-refractivity contribution in [2.75, 3.05) is 7.05 Å². The third kappa shape index (κ3) is 3.12. The van der Waals surface area contributed by atoms with Crippen molar-refractivity contribution in [1.82, 2.24) is 4.90 Å². The van der Waals surface area contributed by atoms with Crippen molar-refractivity contribution in [1.29, 1.82) is 0 Å². The average molecular weight is 309 g/mol. The molecule has 0 spiro atoms. The van der Waals surface area contributed by atoms with Gasteiger partial charge in [-0.1, -0.05) is 6.07 Å². The quantitative estimate of drug-likeness (QED) is 0.862. The van der Waals surface area contributed by atoms with Gasteiger partial charge in [-0.15, -0.1) is 0 Å². The highest BCUT2D eigenvalue weighted by atomic mass is 32.2. The number of halogens is 3. The maximum atomic E-state index is 12.5. The molecule has 0 saturated heterocycles. The van der Waals surface area contributed by atoms with Crippen LogP contribution < -0.4 is 0 Å². The Morgan fingerprint density at radius 2 is 1.80 bits per heavy atom. The summed E-state index contributed by atoms with van der Waals surface area (Å²) >= 11 is 0. The topological polar surface area (TPSA) is 54.5 Å². The van der Waals surface area contributed by atoms with E-state index in [0.29, 0.717) is 0 Å². The maximum Gasteiger partial charge on any atom is 0.501 e. The summed E-state index contributed by atoms with van der Waals surface area (Å²) in [5, 5.41) is 0. The minimum absolute atomic E-state index is 0.105. The van der Waals surface area contributed by atoms with E-state index < -0.39 is 26.1 Å². The zero-order valence-electron chi connectivity index (χ0n) is 11.1. The van der Waals surface area contributed by atoms with Crippen LogP contribution in [0.15, 0.2) is 29.2 Å². The van der Waals surface area contributed by atoms with E-state index >= 15 is 0 Å². The van der Waals surface area contributed by atoms with Gasteiger partial charge in [0.25, 0.3) is 15.7 Å². The number of sulfone groups is 1. The summed E-state index contributed by atoms with van der Waals surface area (Å²) in [5.74, 6) is -0.542. The van der Waals surface area contributed by atoms with E-state index in [1.807, 2.05) is 0 Å². The fourth-order valence-corrected chi connectivity index (χ4v) is 2.18. The van der Waals surface area contributed by atoms with Crippen LogP contribution in [0.3, 0.4) is 0 Å². The predicted molar refractivity (Wildman–Crippen MR) is 66.9 cm³/mol. The zero-order valence-corrected chi connectivity index (χ0v) is 11.9. The first kappa shape index (κ1) is 16.5. The number of carbonyl (C=O) groups is 1. The zero-order chi connectivity index (χ0) is 15.7. The highest BCUT2D eigenvalue weighted by molar-refractivity contribution is 7.92. The van der Waals surface area contributed by atoms with Crippen LogP contribution in [-0.2, 0) is 9.84 Å². The molecule has 4 nitrogen and oxygen atoms in total. The fourth-order valence-electron chi connectivity index (χ4n) is 1.37. The average Bonchev–Trinajstić information content (AvgIpc) is 2.35. The monoisotopic (exact) mass is 309 g/mol. The van der Waals surface area contributed by atoms with Crippen LogP contribution in [0, 0.1) is 0 Å². The molecule has 0 aliphatic carbocycles. The van der Waals surface area contributed by atoms with Gasteiger partial charge in [-0.25, -0.2) is 8.42 Å². The number of carbonyl (C=O) groups excluding carboxylic acids is 1. The molecule has 0 fully saturated rings. The standard InChI is InChI=1S/C12H14F3NO3S/c1-8(2)16(3)11(17)9-5-4-6-10(7-9)20(18,19)12(13,14)15/h4-8H,1-3H3. The van der Waals surface area contributed by atoms with Gasteiger partial charge in [0.05, 0.1) is 4.90 Å². The van der Waals surface area contributed by atoms with E-state index in [4.69, 9.17) is 0 Å². The second kappa shape index (κ2) is 5.43. The van der Waals surface area contributed by atoms with E-state index in [0.717, 1.165) is 18.2 Å². The molecule has 1 rings (SSSR count). The Bertz CT molecular complexity index is 609. The van der Waals surface area contributed by atoms with Crippen LogP contribution in [0.4, 0.5) is 13.2 Å². The van der Waals surface area contributed by atoms with Gasteiger partial charge >= 0.3 is 5.51 Å². The Morgan fingerprint density at radius 3 is 2.25 bits per heavy atom. The molecule has 1 aromatic carbocycles. The Labute approximate surface area is 115 Å². The number of rotatable bonds is 3. The van der Waals surface area contributed by atoms with Crippen LogP contribution in [-0.4, -0.2) is 37.8 Å². The SMILES string of the molecule is CC(C)N(C)C(=O)c1cccc(S(=O)(=O)C(F)(F)F)c1. The Morgan fingerprint density at radius 1 is 1.25 bits per heavy atom. The second-order valence-corrected chi connectivity index (χ2v) is 6.43. The van der Waals surface area contributed by atoms with E-state index in [1.165, 1.54) is 18.0 Å². The van der Waals surface area contributed by atoms with E-state index in [2.05, 4.69) is 0 Å². The smallest absolute Gasteiger partial charge is 0.339 e. The van der Waals surface area contributed by atoms with E-state index in [1.54, 1.807) is 13.8 Å². The van der Waals surface area contributed by atoms with Crippen molar-refractivity contribution in [3.63, 3.8) is 0 Å². The van der Waals surface area contributed by atoms with Crippen molar-refractivity contribution in [2.24, 2.45) is 0 Å². The molecule has 0 aliphatic rings. The molecule has 0 saturated carbocycles. The highest BCUT2D eigenvalue weighted by Crippen LogP contribution is 2.30. The first-order valence-corrected chi connectivity index (χ1v) is 7.15. The Kier molecular flexibility index (Phi) is 4.48. The largest absolute Gasteiger partial charge is 0.501 e. The molecular weight excluding hydrogens is 295 g/mol. The summed E-state index contributed by atoms with van der Waals surface area (Å²) in [6.07, 6.45) is 0. The van der Waals surface area contributed by atoms with Crippen molar-refractivity contribution < 1.29 is 26.4 Å². The summed E-state index contributed by atoms with van der Waals surface area (Å²) < 4.78 is 59.9. The summed E-state index contributed by atoms with van der Waals surface area (Å²) in [4.78, 5) is 12.3. The van der Waals surface area contributed by atoms with Gasteiger partial charge in [0.2, 0.25) is 0 Å². The molecule has 8 heteroatoms. The molecular formula is C12H14F3NO3S. The van der Waals surface area contributed by atoms with E-state index in [-0.39, 0.29) is 11.6 Å². The Balaban J connectivity index is 3.26. The molecule has 0 aromatic heterocycles. The molecule has 112 valence electrons. The third-order valence-corrected chi connectivity index (χ3v) is 4.27. The van der Waals surface area contributed by atoms with Gasteiger partial charge < -0.3 is 4.90 Å². The highest BCUT2D eigenvalue weighted by Gasteiger charge is 2.47. The molecule has 0 bridgehead atoms. The summed E-state index contributed by atoms with van der Waals surface area (Å²) in [6.45, 7) is 3.46. The van der Waals surface area contributed by atoms with Crippen LogP contribution in [0.1, 0.15) is 24.2 Å². The van der Waals surface area contributed by atoms with Gasteiger partial charge in [0.1, 0.15) is 0 Å². The summed E-state index contributed by atoms with van der Waals surface area (Å²) in [5.41, 5.74) is -5.50. The molecule has 1 aromatic rings. The molecule has 0 heterocycles. The third-order valence-electron chi connectivity index (χ3n) is 2.79. The molecule has 0 atom stereocenters. The lowest BCUT2D eigenvalue weighted by molar-refractivity contribution is -0.0436. The minimum Gasteiger partial charge on any atom is -0.339 e. The number of hydrogen-bond acceptors (Lipinski definition) is 3. The van der Waals surface area contributed by atoms with Crippen LogP contribution >= 0.6 is 0 Å². The molecule has 0 unspecified atom stereocenters. The van der Waals surface area contributed by atoms with Gasteiger partial charge in [0.15, 0.2) is 0 Å². The lowest BCUT2D eigenvalue weighted by atomic mass is 10.2. The number of benzene rings is 1. The van der Waals surface area contributed by atoms with Crippen molar-refractivity contribution in [3.05, 3.63) is 29.8 Å². The normalized spacial score (nSPS) is 12.6. The van der Waals surface area contributed by atoms with Crippen molar-refractivity contribution in [3.8, 4) is 0 Å². The lowest BCUT2D eigenvalue weighted by Crippen LogP contribution is -2.33. The van der Waals surface area contributed by atoms with Gasteiger partial charge in [-0.05, 0) is 32.0 Å². The first-order chi connectivity index (χ1) is 8.98.